The van der Waals surface area contributed by atoms with E-state index in [-0.39, 0.29) is 11.9 Å². The Morgan fingerprint density at radius 2 is 2.06 bits per heavy atom. The van der Waals surface area contributed by atoms with E-state index in [0.29, 0.717) is 11.6 Å². The largest absolute Gasteiger partial charge is 0.326 e. The Labute approximate surface area is 109 Å². The van der Waals surface area contributed by atoms with E-state index in [2.05, 4.69) is 11.9 Å². The molecule has 2 nitrogen and oxygen atoms in total. The third kappa shape index (κ3) is 3.09. The maximum absolute atomic E-state index is 13.2. The lowest BCUT2D eigenvalue weighted by molar-refractivity contribution is 0.162. The molecule has 1 aliphatic carbocycles. The normalized spacial score (nSPS) is 24.5. The van der Waals surface area contributed by atoms with Crippen LogP contribution in [0.25, 0.3) is 0 Å². The zero-order valence-corrected chi connectivity index (χ0v) is 11.3. The summed E-state index contributed by atoms with van der Waals surface area (Å²) in [5, 5.41) is 0. The standard InChI is InChI=1S/C15H23FN2/c1-11-9-12(7-8-13(11)16)10-18(2)15-6-4-3-5-14(15)17/h7-9,14-15H,3-6,10,17H2,1-2H3. The van der Waals surface area contributed by atoms with E-state index in [1.165, 1.54) is 19.3 Å². The SMILES string of the molecule is Cc1cc(CN(C)C2CCCCC2N)ccc1F. The second kappa shape index (κ2) is 5.81. The van der Waals surface area contributed by atoms with Crippen LogP contribution in [-0.4, -0.2) is 24.0 Å². The van der Waals surface area contributed by atoms with Crippen LogP contribution in [0, 0.1) is 12.7 Å². The van der Waals surface area contributed by atoms with E-state index in [9.17, 15) is 4.39 Å². The molecule has 0 aromatic heterocycles. The summed E-state index contributed by atoms with van der Waals surface area (Å²) in [6.45, 7) is 2.66. The van der Waals surface area contributed by atoms with Crippen molar-refractivity contribution in [3.8, 4) is 0 Å². The van der Waals surface area contributed by atoms with E-state index < -0.39 is 0 Å². The first kappa shape index (κ1) is 13.5. The van der Waals surface area contributed by atoms with Gasteiger partial charge in [-0.05, 0) is 44.0 Å². The Hall–Kier alpha value is -0.930. The summed E-state index contributed by atoms with van der Waals surface area (Å²) in [6, 6.07) is 6.10. The minimum Gasteiger partial charge on any atom is -0.326 e. The molecule has 0 radical (unpaired) electrons. The van der Waals surface area contributed by atoms with Crippen molar-refractivity contribution < 1.29 is 4.39 Å². The molecule has 2 N–H and O–H groups in total. The van der Waals surface area contributed by atoms with Gasteiger partial charge in [0.05, 0.1) is 0 Å². The molecule has 0 heterocycles. The minimum absolute atomic E-state index is 0.129. The van der Waals surface area contributed by atoms with Gasteiger partial charge in [-0.2, -0.15) is 0 Å². The topological polar surface area (TPSA) is 29.3 Å². The molecule has 2 unspecified atom stereocenters. The van der Waals surface area contributed by atoms with Gasteiger partial charge < -0.3 is 5.73 Å². The van der Waals surface area contributed by atoms with Crippen molar-refractivity contribution in [2.24, 2.45) is 5.73 Å². The first-order valence-electron chi connectivity index (χ1n) is 6.79. The zero-order chi connectivity index (χ0) is 13.1. The predicted octanol–water partition coefficient (Wildman–Crippen LogP) is 2.84. The third-order valence-electron chi connectivity index (χ3n) is 4.00. The second-order valence-corrected chi connectivity index (χ2v) is 5.51. The van der Waals surface area contributed by atoms with Crippen LogP contribution in [0.2, 0.25) is 0 Å². The molecule has 0 bridgehead atoms. The molecule has 3 heteroatoms. The number of rotatable bonds is 3. The first-order valence-corrected chi connectivity index (χ1v) is 6.79. The summed E-state index contributed by atoms with van der Waals surface area (Å²) in [5.74, 6) is -0.129. The van der Waals surface area contributed by atoms with Crippen molar-refractivity contribution in [1.82, 2.24) is 4.90 Å². The highest BCUT2D eigenvalue weighted by Crippen LogP contribution is 2.22. The summed E-state index contributed by atoms with van der Waals surface area (Å²) in [5.41, 5.74) is 8.06. The average Bonchev–Trinajstić information content (AvgIpc) is 2.34. The molecule has 0 saturated heterocycles. The van der Waals surface area contributed by atoms with E-state index in [4.69, 9.17) is 5.73 Å². The molecule has 1 fully saturated rings. The summed E-state index contributed by atoms with van der Waals surface area (Å²) in [6.07, 6.45) is 4.82. The number of nitrogens with zero attached hydrogens (tertiary/aromatic N) is 1. The van der Waals surface area contributed by atoms with Gasteiger partial charge in [0.15, 0.2) is 0 Å². The van der Waals surface area contributed by atoms with Crippen LogP contribution >= 0.6 is 0 Å². The quantitative estimate of drug-likeness (QED) is 0.894. The predicted molar refractivity (Wildman–Crippen MR) is 72.8 cm³/mol. The molecule has 1 aliphatic rings. The van der Waals surface area contributed by atoms with E-state index >= 15 is 0 Å². The molecule has 0 amide bonds. The van der Waals surface area contributed by atoms with Crippen molar-refractivity contribution in [2.75, 3.05) is 7.05 Å². The molecule has 1 saturated carbocycles. The highest BCUT2D eigenvalue weighted by atomic mass is 19.1. The number of hydrogen-bond acceptors (Lipinski definition) is 2. The number of halogens is 1. The van der Waals surface area contributed by atoms with Gasteiger partial charge in [-0.15, -0.1) is 0 Å². The molecule has 0 aliphatic heterocycles. The van der Waals surface area contributed by atoms with Gasteiger partial charge >= 0.3 is 0 Å². The lowest BCUT2D eigenvalue weighted by Gasteiger charge is -2.36. The molecule has 2 rings (SSSR count). The van der Waals surface area contributed by atoms with Gasteiger partial charge in [-0.3, -0.25) is 4.90 Å². The number of hydrogen-bond donors (Lipinski definition) is 1. The van der Waals surface area contributed by atoms with Gasteiger partial charge in [-0.1, -0.05) is 25.0 Å². The van der Waals surface area contributed by atoms with Crippen LogP contribution in [0.3, 0.4) is 0 Å². The van der Waals surface area contributed by atoms with Crippen LogP contribution in [-0.2, 0) is 6.54 Å². The fourth-order valence-corrected chi connectivity index (χ4v) is 2.90. The molecule has 1 aromatic carbocycles. The van der Waals surface area contributed by atoms with E-state index in [0.717, 1.165) is 18.5 Å². The van der Waals surface area contributed by atoms with Crippen molar-refractivity contribution in [3.63, 3.8) is 0 Å². The van der Waals surface area contributed by atoms with Crippen LogP contribution in [0.1, 0.15) is 36.8 Å². The second-order valence-electron chi connectivity index (χ2n) is 5.51. The molecule has 18 heavy (non-hydrogen) atoms. The molecular weight excluding hydrogens is 227 g/mol. The highest BCUT2D eigenvalue weighted by molar-refractivity contribution is 5.23. The Balaban J connectivity index is 2.01. The fourth-order valence-electron chi connectivity index (χ4n) is 2.90. The Kier molecular flexibility index (Phi) is 4.36. The van der Waals surface area contributed by atoms with Crippen LogP contribution in [0.15, 0.2) is 18.2 Å². The average molecular weight is 250 g/mol. The first-order chi connectivity index (χ1) is 8.58. The van der Waals surface area contributed by atoms with Crippen molar-refractivity contribution >= 4 is 0 Å². The van der Waals surface area contributed by atoms with Gasteiger partial charge in [0, 0.05) is 18.6 Å². The zero-order valence-electron chi connectivity index (χ0n) is 11.3. The third-order valence-corrected chi connectivity index (χ3v) is 4.00. The lowest BCUT2D eigenvalue weighted by Crippen LogP contribution is -2.47. The maximum atomic E-state index is 13.2. The van der Waals surface area contributed by atoms with E-state index in [1.54, 1.807) is 6.07 Å². The van der Waals surface area contributed by atoms with Crippen molar-refractivity contribution in [2.45, 2.75) is 51.2 Å². The Morgan fingerprint density at radius 3 is 2.72 bits per heavy atom. The number of benzene rings is 1. The molecule has 0 spiro atoms. The summed E-state index contributed by atoms with van der Waals surface area (Å²) < 4.78 is 13.2. The van der Waals surface area contributed by atoms with Crippen molar-refractivity contribution in [3.05, 3.63) is 35.1 Å². The maximum Gasteiger partial charge on any atom is 0.126 e. The van der Waals surface area contributed by atoms with Gasteiger partial charge in [0.2, 0.25) is 0 Å². The summed E-state index contributed by atoms with van der Waals surface area (Å²) >= 11 is 0. The molecular formula is C15H23FN2. The molecule has 1 aromatic rings. The summed E-state index contributed by atoms with van der Waals surface area (Å²) in [7, 11) is 2.12. The fraction of sp³-hybridized carbons (Fsp3) is 0.600. The lowest BCUT2D eigenvalue weighted by atomic mass is 9.90. The van der Waals surface area contributed by atoms with Gasteiger partial charge in [0.25, 0.3) is 0 Å². The van der Waals surface area contributed by atoms with Crippen LogP contribution in [0.4, 0.5) is 4.39 Å². The Bertz CT molecular complexity index is 405. The molecule has 100 valence electrons. The van der Waals surface area contributed by atoms with Crippen LogP contribution in [0.5, 0.6) is 0 Å². The monoisotopic (exact) mass is 250 g/mol. The number of aryl methyl sites for hydroxylation is 1. The molecule has 2 atom stereocenters. The van der Waals surface area contributed by atoms with E-state index in [1.807, 2.05) is 19.1 Å². The minimum atomic E-state index is -0.129. The smallest absolute Gasteiger partial charge is 0.126 e. The highest BCUT2D eigenvalue weighted by Gasteiger charge is 2.25. The summed E-state index contributed by atoms with van der Waals surface area (Å²) in [4.78, 5) is 2.32. The van der Waals surface area contributed by atoms with Gasteiger partial charge in [0.1, 0.15) is 5.82 Å². The van der Waals surface area contributed by atoms with Crippen LogP contribution < -0.4 is 5.73 Å². The Morgan fingerprint density at radius 1 is 1.33 bits per heavy atom. The van der Waals surface area contributed by atoms with Crippen molar-refractivity contribution in [1.29, 1.82) is 0 Å². The number of nitrogens with two attached hydrogens (primary N) is 1. The van der Waals surface area contributed by atoms with Gasteiger partial charge in [-0.25, -0.2) is 4.39 Å². The number of likely N-dealkylation sites (N-methyl/N-ethyl adjacent to an activating group) is 1.